The van der Waals surface area contributed by atoms with Crippen LogP contribution in [-0.2, 0) is 23.8 Å². The molecular weight excluding hydrogens is 715 g/mol. The molecule has 1 aliphatic carbocycles. The fraction of sp³-hybridized carbons (Fsp3) is 0.442. The van der Waals surface area contributed by atoms with E-state index in [0.717, 1.165) is 54.0 Å². The second kappa shape index (κ2) is 24.0. The van der Waals surface area contributed by atoms with Crippen molar-refractivity contribution in [3.63, 3.8) is 0 Å². The second-order valence-electron chi connectivity index (χ2n) is 13.6. The number of likely N-dealkylation sites (tertiary alicyclic amines) is 1. The van der Waals surface area contributed by atoms with Crippen molar-refractivity contribution < 1.29 is 32.9 Å². The van der Waals surface area contributed by atoms with Gasteiger partial charge in [-0.25, -0.2) is 9.78 Å². The van der Waals surface area contributed by atoms with Gasteiger partial charge in [0.1, 0.15) is 6.10 Å². The molecule has 2 aromatic carbocycles. The van der Waals surface area contributed by atoms with Crippen molar-refractivity contribution in [1.82, 2.24) is 14.8 Å². The summed E-state index contributed by atoms with van der Waals surface area (Å²) >= 11 is 1.47. The number of hydrogen-bond donors (Lipinski definition) is 2. The summed E-state index contributed by atoms with van der Waals surface area (Å²) in [5.41, 5.74) is 5.88. The van der Waals surface area contributed by atoms with Crippen LogP contribution >= 0.6 is 11.3 Å². The first-order valence-electron chi connectivity index (χ1n) is 19.2. The lowest BCUT2D eigenvalue weighted by Crippen LogP contribution is -2.40. The van der Waals surface area contributed by atoms with Gasteiger partial charge in [-0.15, -0.1) is 17.9 Å². The van der Waals surface area contributed by atoms with Crippen molar-refractivity contribution in [3.8, 4) is 10.4 Å². The number of nitrogens with zero attached hydrogens (tertiary/aromatic N) is 3. The van der Waals surface area contributed by atoms with Crippen molar-refractivity contribution >= 4 is 40.7 Å². The Kier molecular flexibility index (Phi) is 18.8. The highest BCUT2D eigenvalue weighted by Crippen LogP contribution is 2.31. The minimum atomic E-state index is -0.495. The molecular formula is C43H63N5O6S. The molecule has 0 radical (unpaired) electrons. The third-order valence-corrected chi connectivity index (χ3v) is 10.0. The summed E-state index contributed by atoms with van der Waals surface area (Å²) in [6.07, 6.45) is 13.5. The van der Waals surface area contributed by atoms with E-state index >= 15 is 0 Å². The van der Waals surface area contributed by atoms with Gasteiger partial charge in [0.2, 0.25) is 11.8 Å². The summed E-state index contributed by atoms with van der Waals surface area (Å²) in [7, 11) is 1.81. The number of amides is 3. The number of aromatic nitrogens is 1. The molecule has 0 spiro atoms. The number of rotatable bonds is 13. The number of ether oxygens (including phenoxy) is 3. The quantitative estimate of drug-likeness (QED) is 0.130. The van der Waals surface area contributed by atoms with Crippen LogP contribution in [0.15, 0.2) is 96.6 Å². The molecule has 0 unspecified atom stereocenters. The number of carbonyl (C=O) groups excluding carboxylic acids is 3. The van der Waals surface area contributed by atoms with E-state index in [9.17, 15) is 14.4 Å². The maximum Gasteiger partial charge on any atom is 0.413 e. The number of carbonyl (C=O) groups is 3. The smallest absolute Gasteiger partial charge is 0.413 e. The summed E-state index contributed by atoms with van der Waals surface area (Å²) in [6, 6.07) is 17.3. The fourth-order valence-electron chi connectivity index (χ4n) is 6.08. The van der Waals surface area contributed by atoms with Crippen molar-refractivity contribution in [3.05, 3.63) is 102 Å². The number of allylic oxidation sites excluding steroid dienone is 5. The molecule has 0 atom stereocenters. The van der Waals surface area contributed by atoms with Gasteiger partial charge in [-0.2, -0.15) is 0 Å². The Morgan fingerprint density at radius 1 is 1.04 bits per heavy atom. The summed E-state index contributed by atoms with van der Waals surface area (Å²) in [6.45, 7) is 11.4. The predicted octanol–water partition coefficient (Wildman–Crippen LogP) is 9.74. The first kappa shape index (κ1) is 43.1. The molecule has 2 saturated heterocycles. The second-order valence-corrected chi connectivity index (χ2v) is 14.5. The van der Waals surface area contributed by atoms with Gasteiger partial charge in [0.25, 0.3) is 0 Å². The number of thiazole rings is 1. The largest absolute Gasteiger partial charge is 0.446 e. The van der Waals surface area contributed by atoms with Crippen LogP contribution in [0.25, 0.3) is 10.4 Å². The highest BCUT2D eigenvalue weighted by molar-refractivity contribution is 7.13. The molecule has 0 bridgehead atoms. The first-order chi connectivity index (χ1) is 26.7. The minimum Gasteiger partial charge on any atom is -0.446 e. The van der Waals surface area contributed by atoms with E-state index in [1.807, 2.05) is 68.6 Å². The number of anilines is 2. The standard InChI is InChI=1S/C33H41N5O6S.C7H10.C3H6.3H2/c1-37(17-6-5-9-28(39)35-26-12-10-25(11-13-26)32-42-21-22-43-32)29(40)16-20-38-18-14-27(15-19-38)44-33(41)36-31-30(45-23-34-31)24-7-3-2-4-8-24;1-7-5-3-2-4-6-7;1-3-2;;;/h2-4,7-8,10-13,23,27,32H,5-6,9,14-22H2,1H3,(H,35,39)(H,36,41);2-3,5H,4,6H2,1H3;3H,1H2,2H3;3*1H. The maximum absolute atomic E-state index is 12.7. The average Bonchev–Trinajstić information content (AvgIpc) is 3.91. The van der Waals surface area contributed by atoms with Gasteiger partial charge in [-0.05, 0) is 70.1 Å². The number of unbranched alkanes of at least 4 members (excludes halogenated alkanes) is 1. The first-order valence-corrected chi connectivity index (χ1v) is 20.1. The van der Waals surface area contributed by atoms with Crippen LogP contribution in [0.5, 0.6) is 0 Å². The van der Waals surface area contributed by atoms with Crippen LogP contribution in [0.3, 0.4) is 0 Å². The van der Waals surface area contributed by atoms with E-state index < -0.39 is 6.09 Å². The normalized spacial score (nSPS) is 15.7. The van der Waals surface area contributed by atoms with Crippen LogP contribution in [0.1, 0.15) is 81.3 Å². The van der Waals surface area contributed by atoms with Gasteiger partial charge in [-0.3, -0.25) is 14.9 Å². The third-order valence-electron chi connectivity index (χ3n) is 9.16. The molecule has 3 heterocycles. The Labute approximate surface area is 334 Å². The van der Waals surface area contributed by atoms with E-state index in [1.54, 1.807) is 16.5 Å². The molecule has 6 rings (SSSR count). The zero-order chi connectivity index (χ0) is 39.3. The summed E-state index contributed by atoms with van der Waals surface area (Å²) in [5, 5.41) is 5.71. The Morgan fingerprint density at radius 3 is 2.38 bits per heavy atom. The Bertz CT molecular complexity index is 1700. The van der Waals surface area contributed by atoms with Crippen molar-refractivity contribution in [1.29, 1.82) is 0 Å². The van der Waals surface area contributed by atoms with Crippen LogP contribution in [-0.4, -0.2) is 85.2 Å². The third kappa shape index (κ3) is 15.6. The van der Waals surface area contributed by atoms with E-state index in [1.165, 1.54) is 29.8 Å². The molecule has 12 heteroatoms. The fourth-order valence-corrected chi connectivity index (χ4v) is 6.83. The molecule has 0 saturated carbocycles. The van der Waals surface area contributed by atoms with Gasteiger partial charge in [0.05, 0.1) is 23.6 Å². The SMILES string of the molecule is C=CC.CC1=CC=CCC1.CN(CCCCC(=O)Nc1ccc(C2OCCO2)cc1)C(=O)CCN1CCC(OC(=O)Nc2ncsc2-c2ccccc2)CC1.[HH].[HH].[HH]. The van der Waals surface area contributed by atoms with E-state index in [4.69, 9.17) is 14.2 Å². The Morgan fingerprint density at radius 2 is 1.75 bits per heavy atom. The Hall–Kier alpha value is -4.62. The van der Waals surface area contributed by atoms with Gasteiger partial charge < -0.3 is 29.3 Å². The summed E-state index contributed by atoms with van der Waals surface area (Å²) in [4.78, 5) is 46.8. The molecule has 1 aromatic heterocycles. The van der Waals surface area contributed by atoms with Crippen LogP contribution in [0.4, 0.5) is 16.3 Å². The number of piperidine rings is 1. The highest BCUT2D eigenvalue weighted by Gasteiger charge is 2.24. The average molecular weight is 778 g/mol. The summed E-state index contributed by atoms with van der Waals surface area (Å²) < 4.78 is 16.7. The lowest BCUT2D eigenvalue weighted by atomic mass is 10.1. The van der Waals surface area contributed by atoms with Crippen molar-refractivity contribution in [2.24, 2.45) is 0 Å². The highest BCUT2D eigenvalue weighted by atomic mass is 32.1. The number of benzene rings is 2. The van der Waals surface area contributed by atoms with Crippen LogP contribution < -0.4 is 10.6 Å². The zero-order valence-electron chi connectivity index (χ0n) is 32.5. The molecule has 55 heavy (non-hydrogen) atoms. The van der Waals surface area contributed by atoms with E-state index in [2.05, 4.69) is 52.2 Å². The van der Waals surface area contributed by atoms with Gasteiger partial charge in [0.15, 0.2) is 12.1 Å². The molecule has 3 amide bonds. The predicted molar refractivity (Wildman–Crippen MR) is 227 cm³/mol. The van der Waals surface area contributed by atoms with E-state index in [-0.39, 0.29) is 28.5 Å². The van der Waals surface area contributed by atoms with Gasteiger partial charge in [-0.1, -0.05) is 72.3 Å². The molecule has 2 N–H and O–H groups in total. The maximum atomic E-state index is 12.7. The zero-order valence-corrected chi connectivity index (χ0v) is 33.4. The minimum absolute atomic E-state index is 0. The molecule has 2 aliphatic heterocycles. The molecule has 3 aliphatic rings. The van der Waals surface area contributed by atoms with Gasteiger partial charge in [0, 0.05) is 61.6 Å². The van der Waals surface area contributed by atoms with Gasteiger partial charge >= 0.3 is 6.09 Å². The van der Waals surface area contributed by atoms with Crippen molar-refractivity contribution in [2.45, 2.75) is 77.6 Å². The lowest BCUT2D eigenvalue weighted by molar-refractivity contribution is -0.130. The molecule has 11 nitrogen and oxygen atoms in total. The van der Waals surface area contributed by atoms with Crippen LogP contribution in [0, 0.1) is 0 Å². The van der Waals surface area contributed by atoms with E-state index in [0.29, 0.717) is 51.4 Å². The topological polar surface area (TPSA) is 122 Å². The number of hydrogen-bond acceptors (Lipinski definition) is 9. The monoisotopic (exact) mass is 777 g/mol. The molecule has 2 fully saturated rings. The Balaban J connectivity index is 0.00000114. The lowest BCUT2D eigenvalue weighted by Gasteiger charge is -2.31. The molecule has 3 aromatic rings. The summed E-state index contributed by atoms with van der Waals surface area (Å²) in [5.74, 6) is 0.548. The number of nitrogens with one attached hydrogen (secondary N) is 2. The molecule has 302 valence electrons. The van der Waals surface area contributed by atoms with Crippen LogP contribution in [0.2, 0.25) is 0 Å². The van der Waals surface area contributed by atoms with Crippen molar-refractivity contribution in [2.75, 3.05) is 57.1 Å².